The molecular formula is C18H12N6O2. The Morgan fingerprint density at radius 2 is 2.08 bits per heavy atom. The third-order valence-electron chi connectivity index (χ3n) is 4.19. The molecule has 1 N–H and O–H groups in total. The Hall–Kier alpha value is -3.81. The first-order chi connectivity index (χ1) is 12.8. The van der Waals surface area contributed by atoms with Crippen LogP contribution in [0.5, 0.6) is 0 Å². The van der Waals surface area contributed by atoms with Gasteiger partial charge in [-0.15, -0.1) is 0 Å². The van der Waals surface area contributed by atoms with E-state index in [1.165, 1.54) is 4.68 Å². The van der Waals surface area contributed by atoms with Crippen LogP contribution in [-0.2, 0) is 6.54 Å². The van der Waals surface area contributed by atoms with Gasteiger partial charge in [-0.1, -0.05) is 23.4 Å². The number of rotatable bonds is 3. The zero-order valence-electron chi connectivity index (χ0n) is 13.5. The molecule has 0 saturated heterocycles. The smallest absolute Gasteiger partial charge is 0.275 e. The Balaban J connectivity index is 1.49. The van der Waals surface area contributed by atoms with Crippen molar-refractivity contribution in [2.45, 2.75) is 6.54 Å². The molecule has 5 rings (SSSR count). The predicted octanol–water partition coefficient (Wildman–Crippen LogP) is 2.37. The van der Waals surface area contributed by atoms with E-state index in [4.69, 9.17) is 4.52 Å². The molecule has 0 aliphatic carbocycles. The highest BCUT2D eigenvalue weighted by atomic mass is 16.5. The molecule has 8 heteroatoms. The Bertz CT molecular complexity index is 1300. The molecule has 0 unspecified atom stereocenters. The topological polar surface area (TPSA) is 102 Å². The first-order valence-electron chi connectivity index (χ1n) is 7.99. The van der Waals surface area contributed by atoms with Crippen LogP contribution in [0.15, 0.2) is 64.3 Å². The number of imidazole rings is 1. The molecule has 3 heterocycles. The van der Waals surface area contributed by atoms with Crippen LogP contribution >= 0.6 is 0 Å². The van der Waals surface area contributed by atoms with Gasteiger partial charge < -0.3 is 9.51 Å². The molecule has 0 fully saturated rings. The fourth-order valence-electron chi connectivity index (χ4n) is 2.88. The van der Waals surface area contributed by atoms with Crippen LogP contribution < -0.4 is 5.56 Å². The van der Waals surface area contributed by atoms with Crippen LogP contribution in [0.25, 0.3) is 33.2 Å². The molecule has 126 valence electrons. The minimum atomic E-state index is -0.193. The van der Waals surface area contributed by atoms with Crippen molar-refractivity contribution < 1.29 is 4.52 Å². The van der Waals surface area contributed by atoms with Crippen molar-refractivity contribution in [3.63, 3.8) is 0 Å². The van der Waals surface area contributed by atoms with E-state index in [0.29, 0.717) is 17.1 Å². The lowest BCUT2D eigenvalue weighted by Gasteiger charge is -2.02. The second kappa shape index (κ2) is 5.62. The third-order valence-corrected chi connectivity index (χ3v) is 4.19. The summed E-state index contributed by atoms with van der Waals surface area (Å²) >= 11 is 0. The monoisotopic (exact) mass is 344 g/mol. The number of nitrogens with one attached hydrogen (secondary N) is 1. The number of nitrogens with zero attached hydrogens (tertiary/aromatic N) is 5. The molecule has 26 heavy (non-hydrogen) atoms. The Kier molecular flexibility index (Phi) is 3.14. The number of aromatic nitrogens is 6. The summed E-state index contributed by atoms with van der Waals surface area (Å²) < 4.78 is 6.61. The van der Waals surface area contributed by atoms with E-state index in [1.54, 1.807) is 18.6 Å². The largest absolute Gasteiger partial charge is 0.345 e. The molecule has 0 aliphatic rings. The Morgan fingerprint density at radius 3 is 3.04 bits per heavy atom. The van der Waals surface area contributed by atoms with Crippen LogP contribution in [0.2, 0.25) is 0 Å². The second-order valence-corrected chi connectivity index (χ2v) is 5.84. The molecule has 0 bridgehead atoms. The van der Waals surface area contributed by atoms with E-state index in [0.717, 1.165) is 22.0 Å². The van der Waals surface area contributed by atoms with Crippen molar-refractivity contribution in [1.82, 2.24) is 29.9 Å². The van der Waals surface area contributed by atoms with Gasteiger partial charge in [0.25, 0.3) is 5.56 Å². The van der Waals surface area contributed by atoms with Crippen molar-refractivity contribution >= 4 is 21.8 Å². The summed E-state index contributed by atoms with van der Waals surface area (Å²) in [6.07, 6.45) is 3.29. The average molecular weight is 344 g/mol. The number of fused-ring (bicyclic) bond motifs is 2. The number of hydrogen-bond acceptors (Lipinski definition) is 6. The Morgan fingerprint density at radius 1 is 1.15 bits per heavy atom. The highest BCUT2D eigenvalue weighted by molar-refractivity contribution is 5.80. The van der Waals surface area contributed by atoms with Crippen molar-refractivity contribution in [2.75, 3.05) is 0 Å². The molecule has 0 atom stereocenters. The minimum Gasteiger partial charge on any atom is -0.345 e. The van der Waals surface area contributed by atoms with Crippen molar-refractivity contribution in [3.05, 3.63) is 71.2 Å². The van der Waals surface area contributed by atoms with Gasteiger partial charge in [-0.25, -0.2) is 9.67 Å². The molecule has 0 amide bonds. The molecule has 8 nitrogen and oxygen atoms in total. The fourth-order valence-corrected chi connectivity index (χ4v) is 2.88. The van der Waals surface area contributed by atoms with Gasteiger partial charge in [0.05, 0.1) is 28.9 Å². The van der Waals surface area contributed by atoms with Gasteiger partial charge in [0.1, 0.15) is 6.54 Å². The number of hydrogen-bond donors (Lipinski definition) is 1. The molecule has 0 radical (unpaired) electrons. The third kappa shape index (κ3) is 2.35. The van der Waals surface area contributed by atoms with Gasteiger partial charge in [0.2, 0.25) is 11.7 Å². The van der Waals surface area contributed by atoms with Gasteiger partial charge in [0.15, 0.2) is 0 Å². The minimum absolute atomic E-state index is 0.114. The van der Waals surface area contributed by atoms with E-state index in [-0.39, 0.29) is 12.1 Å². The Labute approximate surface area is 146 Å². The SMILES string of the molecule is O=c1c2ccccc2cnn1Cc1nc(-c2ccc3nc[nH]c3c2)no1. The molecular weight excluding hydrogens is 332 g/mol. The van der Waals surface area contributed by atoms with Crippen molar-refractivity contribution in [2.24, 2.45) is 0 Å². The maximum Gasteiger partial charge on any atom is 0.275 e. The number of H-pyrrole nitrogens is 1. The van der Waals surface area contributed by atoms with Gasteiger partial charge in [-0.05, 0) is 24.3 Å². The molecule has 0 aliphatic heterocycles. The maximum absolute atomic E-state index is 12.5. The quantitative estimate of drug-likeness (QED) is 0.539. The van der Waals surface area contributed by atoms with Crippen LogP contribution in [0.3, 0.4) is 0 Å². The molecule has 3 aromatic heterocycles. The zero-order valence-corrected chi connectivity index (χ0v) is 13.5. The normalized spacial score (nSPS) is 11.4. The summed E-state index contributed by atoms with van der Waals surface area (Å²) in [5, 5.41) is 9.59. The summed E-state index contributed by atoms with van der Waals surface area (Å²) in [7, 11) is 0. The van der Waals surface area contributed by atoms with E-state index in [2.05, 4.69) is 25.2 Å². The van der Waals surface area contributed by atoms with Crippen molar-refractivity contribution in [3.8, 4) is 11.4 Å². The first-order valence-corrected chi connectivity index (χ1v) is 7.99. The number of benzene rings is 2. The molecule has 5 aromatic rings. The molecule has 0 saturated carbocycles. The van der Waals surface area contributed by atoms with Crippen molar-refractivity contribution in [1.29, 1.82) is 0 Å². The summed E-state index contributed by atoms with van der Waals surface area (Å²) in [5.74, 6) is 0.764. The fraction of sp³-hybridized carbons (Fsp3) is 0.0556. The lowest BCUT2D eigenvalue weighted by Crippen LogP contribution is -2.23. The second-order valence-electron chi connectivity index (χ2n) is 5.84. The first kappa shape index (κ1) is 14.5. The van der Waals surface area contributed by atoms with Gasteiger partial charge in [0, 0.05) is 10.9 Å². The van der Waals surface area contributed by atoms with E-state index in [9.17, 15) is 4.79 Å². The van der Waals surface area contributed by atoms with Gasteiger partial charge in [-0.2, -0.15) is 10.1 Å². The summed E-state index contributed by atoms with van der Waals surface area (Å²) in [6, 6.07) is 13.0. The van der Waals surface area contributed by atoms with Gasteiger partial charge >= 0.3 is 0 Å². The van der Waals surface area contributed by atoms with E-state index >= 15 is 0 Å². The highest BCUT2D eigenvalue weighted by Gasteiger charge is 2.12. The van der Waals surface area contributed by atoms with Crippen LogP contribution in [0, 0.1) is 0 Å². The standard InChI is InChI=1S/C18H12N6O2/c25-18-13-4-2-1-3-12(13)8-21-24(18)9-16-22-17(23-26-16)11-5-6-14-15(7-11)20-10-19-14/h1-8,10H,9H2,(H,19,20). The van der Waals surface area contributed by atoms with Crippen LogP contribution in [0.4, 0.5) is 0 Å². The highest BCUT2D eigenvalue weighted by Crippen LogP contribution is 2.20. The lowest BCUT2D eigenvalue weighted by molar-refractivity contribution is 0.363. The summed E-state index contributed by atoms with van der Waals surface area (Å²) in [5.41, 5.74) is 2.36. The summed E-state index contributed by atoms with van der Waals surface area (Å²) in [4.78, 5) is 24.1. The zero-order chi connectivity index (χ0) is 17.5. The maximum atomic E-state index is 12.5. The average Bonchev–Trinajstić information content (AvgIpc) is 3.33. The predicted molar refractivity (Wildman–Crippen MR) is 94.5 cm³/mol. The molecule has 0 spiro atoms. The lowest BCUT2D eigenvalue weighted by atomic mass is 10.2. The van der Waals surface area contributed by atoms with E-state index < -0.39 is 0 Å². The van der Waals surface area contributed by atoms with E-state index in [1.807, 2.05) is 36.4 Å². The van der Waals surface area contributed by atoms with Crippen LogP contribution in [-0.4, -0.2) is 29.9 Å². The summed E-state index contributed by atoms with van der Waals surface area (Å²) in [6.45, 7) is 0.114. The van der Waals surface area contributed by atoms with Gasteiger partial charge in [-0.3, -0.25) is 4.79 Å². The van der Waals surface area contributed by atoms with Crippen LogP contribution in [0.1, 0.15) is 5.89 Å². The molecule has 2 aromatic carbocycles. The number of aromatic amines is 1.